The number of aromatic nitrogens is 3. The molecule has 2 heterocycles. The van der Waals surface area contributed by atoms with Crippen LogP contribution in [0.25, 0.3) is 10.9 Å². The molecule has 0 radical (unpaired) electrons. The standard InChI is InChI=1S/C16H17N5O/c22-16(18-9-4-7-12-5-2-1-3-6-12)20-15-13-11-19-21-14(13)8-10-17-15/h1-3,5-6,8,10-11H,4,7,9H2,(H,19,21)(H2,17,18,20,22). The minimum absolute atomic E-state index is 0.255. The van der Waals surface area contributed by atoms with E-state index in [0.717, 1.165) is 23.7 Å². The first-order valence-electron chi connectivity index (χ1n) is 7.20. The third kappa shape index (κ3) is 3.41. The van der Waals surface area contributed by atoms with Crippen molar-refractivity contribution in [2.45, 2.75) is 12.8 Å². The minimum Gasteiger partial charge on any atom is -0.338 e. The summed E-state index contributed by atoms with van der Waals surface area (Å²) in [5, 5.41) is 13.2. The number of hydrogen-bond acceptors (Lipinski definition) is 3. The highest BCUT2D eigenvalue weighted by Gasteiger charge is 2.07. The topological polar surface area (TPSA) is 82.7 Å². The number of amides is 2. The number of nitrogens with one attached hydrogen (secondary N) is 3. The van der Waals surface area contributed by atoms with Crippen molar-refractivity contribution in [3.63, 3.8) is 0 Å². The van der Waals surface area contributed by atoms with Crippen LogP contribution in [-0.2, 0) is 6.42 Å². The largest absolute Gasteiger partial charge is 0.338 e. The highest BCUT2D eigenvalue weighted by Crippen LogP contribution is 2.17. The molecule has 1 aromatic carbocycles. The van der Waals surface area contributed by atoms with Crippen molar-refractivity contribution in [2.75, 3.05) is 11.9 Å². The lowest BCUT2D eigenvalue weighted by molar-refractivity contribution is 0.252. The minimum atomic E-state index is -0.255. The van der Waals surface area contributed by atoms with Gasteiger partial charge in [0.2, 0.25) is 0 Å². The van der Waals surface area contributed by atoms with Crippen LogP contribution in [0, 0.1) is 0 Å². The van der Waals surface area contributed by atoms with Gasteiger partial charge in [0.15, 0.2) is 0 Å². The molecule has 0 saturated carbocycles. The number of H-pyrrole nitrogens is 1. The van der Waals surface area contributed by atoms with Gasteiger partial charge in [-0.05, 0) is 24.5 Å². The number of urea groups is 1. The summed E-state index contributed by atoms with van der Waals surface area (Å²) in [7, 11) is 0. The van der Waals surface area contributed by atoms with Crippen LogP contribution in [-0.4, -0.2) is 27.8 Å². The van der Waals surface area contributed by atoms with Crippen LogP contribution >= 0.6 is 0 Å². The summed E-state index contributed by atoms with van der Waals surface area (Å²) in [5.41, 5.74) is 2.11. The van der Waals surface area contributed by atoms with E-state index in [1.165, 1.54) is 5.56 Å². The Morgan fingerprint density at radius 1 is 1.18 bits per heavy atom. The highest BCUT2D eigenvalue weighted by molar-refractivity contribution is 5.98. The summed E-state index contributed by atoms with van der Waals surface area (Å²) < 4.78 is 0. The molecule has 3 aromatic rings. The number of carbonyl (C=O) groups excluding carboxylic acids is 1. The van der Waals surface area contributed by atoms with Gasteiger partial charge >= 0.3 is 6.03 Å². The van der Waals surface area contributed by atoms with Gasteiger partial charge in [0, 0.05) is 12.7 Å². The Labute approximate surface area is 128 Å². The summed E-state index contributed by atoms with van der Waals surface area (Å²) in [4.78, 5) is 16.1. The van der Waals surface area contributed by atoms with Crippen LogP contribution in [0.15, 0.2) is 48.8 Å². The van der Waals surface area contributed by atoms with Crippen molar-refractivity contribution in [3.05, 3.63) is 54.4 Å². The van der Waals surface area contributed by atoms with E-state index in [0.29, 0.717) is 12.4 Å². The van der Waals surface area contributed by atoms with Gasteiger partial charge in [-0.2, -0.15) is 5.10 Å². The van der Waals surface area contributed by atoms with Crippen molar-refractivity contribution in [1.29, 1.82) is 0 Å². The molecule has 3 N–H and O–H groups in total. The molecule has 0 spiro atoms. The van der Waals surface area contributed by atoms with Gasteiger partial charge in [-0.15, -0.1) is 0 Å². The molecule has 3 rings (SSSR count). The van der Waals surface area contributed by atoms with Gasteiger partial charge in [0.1, 0.15) is 5.82 Å². The Hall–Kier alpha value is -2.89. The number of carbonyl (C=O) groups is 1. The van der Waals surface area contributed by atoms with Crippen molar-refractivity contribution in [2.24, 2.45) is 0 Å². The van der Waals surface area contributed by atoms with Gasteiger partial charge in [0.05, 0.1) is 17.1 Å². The lowest BCUT2D eigenvalue weighted by Gasteiger charge is -2.07. The molecule has 0 fully saturated rings. The summed E-state index contributed by atoms with van der Waals surface area (Å²) in [6, 6.07) is 11.8. The second kappa shape index (κ2) is 6.71. The van der Waals surface area contributed by atoms with Crippen LogP contribution in [0.1, 0.15) is 12.0 Å². The molecule has 0 aliphatic heterocycles. The molecular formula is C16H17N5O. The summed E-state index contributed by atoms with van der Waals surface area (Å²) in [6.07, 6.45) is 5.11. The molecule has 0 unspecified atom stereocenters. The van der Waals surface area contributed by atoms with Crippen LogP contribution in [0.5, 0.6) is 0 Å². The maximum Gasteiger partial charge on any atom is 0.320 e. The van der Waals surface area contributed by atoms with E-state index in [9.17, 15) is 4.79 Å². The van der Waals surface area contributed by atoms with Crippen molar-refractivity contribution in [3.8, 4) is 0 Å². The van der Waals surface area contributed by atoms with Crippen molar-refractivity contribution in [1.82, 2.24) is 20.5 Å². The monoisotopic (exact) mass is 295 g/mol. The normalized spacial score (nSPS) is 10.5. The highest BCUT2D eigenvalue weighted by atomic mass is 16.2. The summed E-state index contributed by atoms with van der Waals surface area (Å²) >= 11 is 0. The third-order valence-corrected chi connectivity index (χ3v) is 3.37. The van der Waals surface area contributed by atoms with E-state index >= 15 is 0 Å². The van der Waals surface area contributed by atoms with Gasteiger partial charge in [-0.25, -0.2) is 9.78 Å². The summed E-state index contributed by atoms with van der Waals surface area (Å²) in [6.45, 7) is 0.613. The maximum absolute atomic E-state index is 11.9. The number of fused-ring (bicyclic) bond motifs is 1. The van der Waals surface area contributed by atoms with Crippen LogP contribution in [0.3, 0.4) is 0 Å². The zero-order chi connectivity index (χ0) is 15.2. The molecule has 22 heavy (non-hydrogen) atoms. The second-order valence-corrected chi connectivity index (χ2v) is 4.96. The molecule has 6 nitrogen and oxygen atoms in total. The van der Waals surface area contributed by atoms with Crippen molar-refractivity contribution >= 4 is 22.8 Å². The number of hydrogen-bond donors (Lipinski definition) is 3. The Bertz CT molecular complexity index is 753. The van der Waals surface area contributed by atoms with Gasteiger partial charge < -0.3 is 5.32 Å². The molecule has 6 heteroatoms. The quantitative estimate of drug-likeness (QED) is 0.633. The predicted molar refractivity (Wildman–Crippen MR) is 85.7 cm³/mol. The van der Waals surface area contributed by atoms with Crippen LogP contribution < -0.4 is 10.6 Å². The molecule has 0 saturated heterocycles. The lowest BCUT2D eigenvalue weighted by atomic mass is 10.1. The molecule has 0 aliphatic carbocycles. The Morgan fingerprint density at radius 3 is 2.91 bits per heavy atom. The van der Waals surface area contributed by atoms with Crippen LogP contribution in [0.4, 0.5) is 10.6 Å². The smallest absolute Gasteiger partial charge is 0.320 e. The fourth-order valence-corrected chi connectivity index (χ4v) is 2.26. The third-order valence-electron chi connectivity index (χ3n) is 3.37. The van der Waals surface area contributed by atoms with E-state index < -0.39 is 0 Å². The van der Waals surface area contributed by atoms with E-state index in [-0.39, 0.29) is 6.03 Å². The van der Waals surface area contributed by atoms with Gasteiger partial charge in [0.25, 0.3) is 0 Å². The van der Waals surface area contributed by atoms with Crippen LogP contribution in [0.2, 0.25) is 0 Å². The van der Waals surface area contributed by atoms with E-state index in [1.807, 2.05) is 24.3 Å². The molecule has 112 valence electrons. The average molecular weight is 295 g/mol. The first-order chi connectivity index (χ1) is 10.8. The number of nitrogens with zero attached hydrogens (tertiary/aromatic N) is 2. The van der Waals surface area contributed by atoms with E-state index in [2.05, 4.69) is 37.9 Å². The first-order valence-corrected chi connectivity index (χ1v) is 7.20. The van der Waals surface area contributed by atoms with Crippen molar-refractivity contribution < 1.29 is 4.79 Å². The van der Waals surface area contributed by atoms with E-state index in [4.69, 9.17) is 0 Å². The molecule has 2 aromatic heterocycles. The lowest BCUT2D eigenvalue weighted by Crippen LogP contribution is -2.30. The fourth-order valence-electron chi connectivity index (χ4n) is 2.26. The zero-order valence-corrected chi connectivity index (χ0v) is 12.0. The van der Waals surface area contributed by atoms with E-state index in [1.54, 1.807) is 12.4 Å². The number of rotatable bonds is 5. The molecule has 0 aliphatic rings. The predicted octanol–water partition coefficient (Wildman–Crippen LogP) is 2.71. The molecule has 0 bridgehead atoms. The molecule has 2 amide bonds. The Kier molecular flexibility index (Phi) is 4.29. The number of pyridine rings is 1. The number of benzene rings is 1. The van der Waals surface area contributed by atoms with Gasteiger partial charge in [-0.3, -0.25) is 10.4 Å². The Balaban J connectivity index is 1.48. The fraction of sp³-hybridized carbons (Fsp3) is 0.188. The first kappa shape index (κ1) is 14.1. The van der Waals surface area contributed by atoms with Gasteiger partial charge in [-0.1, -0.05) is 30.3 Å². The molecular weight excluding hydrogens is 278 g/mol. The SMILES string of the molecule is O=C(NCCCc1ccccc1)Nc1nccc2[nH]ncc12. The number of aromatic amines is 1. The summed E-state index contributed by atoms with van der Waals surface area (Å²) in [5.74, 6) is 0.506. The maximum atomic E-state index is 11.9. The number of anilines is 1. The number of aryl methyl sites for hydroxylation is 1. The molecule has 0 atom stereocenters. The zero-order valence-electron chi connectivity index (χ0n) is 12.0. The second-order valence-electron chi connectivity index (χ2n) is 4.96. The Morgan fingerprint density at radius 2 is 2.05 bits per heavy atom. The average Bonchev–Trinajstić information content (AvgIpc) is 3.02.